The van der Waals surface area contributed by atoms with Gasteiger partial charge in [0.15, 0.2) is 0 Å². The molecule has 1 unspecified atom stereocenters. The third-order valence-electron chi connectivity index (χ3n) is 3.38. The van der Waals surface area contributed by atoms with Gasteiger partial charge in [0.05, 0.1) is 11.4 Å². The second kappa shape index (κ2) is 4.85. The number of rotatable bonds is 0. The molecule has 4 nitrogen and oxygen atoms in total. The van der Waals surface area contributed by atoms with Gasteiger partial charge in [-0.2, -0.15) is 0 Å². The first kappa shape index (κ1) is 15.0. The summed E-state index contributed by atoms with van der Waals surface area (Å²) in [5, 5.41) is 3.71. The lowest BCUT2D eigenvalue weighted by Gasteiger charge is -2.41. The zero-order chi connectivity index (χ0) is 14.3. The topological polar surface area (TPSA) is 41.6 Å². The molecule has 2 fully saturated rings. The summed E-state index contributed by atoms with van der Waals surface area (Å²) >= 11 is 1.95. The summed E-state index contributed by atoms with van der Waals surface area (Å²) in [5.41, 5.74) is -0.265. The summed E-state index contributed by atoms with van der Waals surface area (Å²) in [4.78, 5) is 14.1. The van der Waals surface area contributed by atoms with Gasteiger partial charge >= 0.3 is 6.09 Å². The fourth-order valence-corrected chi connectivity index (χ4v) is 4.33. The van der Waals surface area contributed by atoms with E-state index in [-0.39, 0.29) is 16.5 Å². The first-order chi connectivity index (χ1) is 8.61. The van der Waals surface area contributed by atoms with Crippen molar-refractivity contribution in [3.8, 4) is 0 Å². The average Bonchev–Trinajstić information content (AvgIpc) is 2.52. The molecule has 0 aromatic heterocycles. The summed E-state index contributed by atoms with van der Waals surface area (Å²) in [7, 11) is 0. The molecule has 1 N–H and O–H groups in total. The highest BCUT2D eigenvalue weighted by Gasteiger charge is 2.46. The second-order valence-electron chi connectivity index (χ2n) is 7.30. The van der Waals surface area contributed by atoms with Crippen molar-refractivity contribution in [3.05, 3.63) is 0 Å². The monoisotopic (exact) mass is 286 g/mol. The Bertz CT molecular complexity index is 365. The fourth-order valence-electron chi connectivity index (χ4n) is 2.73. The van der Waals surface area contributed by atoms with Gasteiger partial charge in [-0.15, -0.1) is 11.8 Å². The lowest BCUT2D eigenvalue weighted by atomic mass is 10.0. The number of carbonyl (C=O) groups excluding carboxylic acids is 1. The standard InChI is InChI=1S/C14H26N2O2S/c1-12(2,3)18-11(17)16-8-6-7-14(9-16)15-13(4,5)10-19-14/h15H,6-10H2,1-5H3. The van der Waals surface area contributed by atoms with Gasteiger partial charge in [0.2, 0.25) is 0 Å². The van der Waals surface area contributed by atoms with Crippen molar-refractivity contribution in [2.75, 3.05) is 18.8 Å². The van der Waals surface area contributed by atoms with Gasteiger partial charge < -0.3 is 9.64 Å². The third-order valence-corrected chi connectivity index (χ3v) is 5.24. The van der Waals surface area contributed by atoms with Gasteiger partial charge in [-0.3, -0.25) is 5.32 Å². The van der Waals surface area contributed by atoms with Crippen molar-refractivity contribution in [2.45, 2.75) is 63.5 Å². The van der Waals surface area contributed by atoms with Gasteiger partial charge in [-0.25, -0.2) is 4.79 Å². The molecule has 0 aliphatic carbocycles. The predicted octanol–water partition coefficient (Wildman–Crippen LogP) is 2.83. The quantitative estimate of drug-likeness (QED) is 0.743. The van der Waals surface area contributed by atoms with E-state index in [1.165, 1.54) is 0 Å². The van der Waals surface area contributed by atoms with Crippen LogP contribution in [0.25, 0.3) is 0 Å². The number of carbonyl (C=O) groups is 1. The van der Waals surface area contributed by atoms with E-state index < -0.39 is 5.60 Å². The van der Waals surface area contributed by atoms with Crippen LogP contribution in [0.2, 0.25) is 0 Å². The van der Waals surface area contributed by atoms with Crippen LogP contribution < -0.4 is 5.32 Å². The van der Waals surface area contributed by atoms with E-state index in [1.54, 1.807) is 0 Å². The summed E-state index contributed by atoms with van der Waals surface area (Å²) in [6.45, 7) is 11.7. The number of ether oxygens (including phenoxy) is 1. The minimum atomic E-state index is -0.419. The maximum atomic E-state index is 12.2. The molecule has 0 radical (unpaired) electrons. The highest BCUT2D eigenvalue weighted by atomic mass is 32.2. The molecule has 2 heterocycles. The zero-order valence-electron chi connectivity index (χ0n) is 12.7. The Labute approximate surface area is 120 Å². The summed E-state index contributed by atoms with van der Waals surface area (Å²) in [6.07, 6.45) is 1.98. The number of nitrogens with zero attached hydrogens (tertiary/aromatic N) is 1. The predicted molar refractivity (Wildman–Crippen MR) is 79.4 cm³/mol. The van der Waals surface area contributed by atoms with E-state index in [9.17, 15) is 4.79 Å². The molecule has 0 saturated carbocycles. The van der Waals surface area contributed by atoms with E-state index in [1.807, 2.05) is 37.4 Å². The van der Waals surface area contributed by atoms with E-state index >= 15 is 0 Å². The van der Waals surface area contributed by atoms with Crippen LogP contribution in [-0.2, 0) is 4.74 Å². The number of thioether (sulfide) groups is 1. The van der Waals surface area contributed by atoms with E-state index in [4.69, 9.17) is 4.74 Å². The molecule has 2 aliphatic heterocycles. The third kappa shape index (κ3) is 3.78. The van der Waals surface area contributed by atoms with Crippen LogP contribution in [0.3, 0.4) is 0 Å². The largest absolute Gasteiger partial charge is 0.444 e. The summed E-state index contributed by atoms with van der Waals surface area (Å²) in [5.74, 6) is 1.09. The second-order valence-corrected chi connectivity index (χ2v) is 8.66. The number of piperidine rings is 1. The molecule has 0 aromatic carbocycles. The smallest absolute Gasteiger partial charge is 0.410 e. The first-order valence-corrected chi connectivity index (χ1v) is 8.01. The molecular formula is C14H26N2O2S. The van der Waals surface area contributed by atoms with E-state index in [0.29, 0.717) is 0 Å². The van der Waals surface area contributed by atoms with Gasteiger partial charge in [-0.1, -0.05) is 0 Å². The van der Waals surface area contributed by atoms with Crippen LogP contribution in [0.5, 0.6) is 0 Å². The highest BCUT2D eigenvalue weighted by Crippen LogP contribution is 2.41. The Morgan fingerprint density at radius 2 is 2.05 bits per heavy atom. The van der Waals surface area contributed by atoms with Gasteiger partial charge in [0.25, 0.3) is 0 Å². The van der Waals surface area contributed by atoms with Gasteiger partial charge in [0.1, 0.15) is 5.60 Å². The normalized spacial score (nSPS) is 30.7. The minimum Gasteiger partial charge on any atom is -0.444 e. The molecule has 0 bridgehead atoms. The van der Waals surface area contributed by atoms with E-state index in [2.05, 4.69) is 19.2 Å². The minimum absolute atomic E-state index is 0.0264. The molecule has 2 rings (SSSR count). The molecule has 2 aliphatic rings. The van der Waals surface area contributed by atoms with Crippen LogP contribution in [0.15, 0.2) is 0 Å². The van der Waals surface area contributed by atoms with Crippen LogP contribution in [0.4, 0.5) is 4.79 Å². The number of hydrogen-bond acceptors (Lipinski definition) is 4. The molecule has 2 saturated heterocycles. The lowest BCUT2D eigenvalue weighted by Crippen LogP contribution is -2.57. The van der Waals surface area contributed by atoms with Crippen molar-refractivity contribution >= 4 is 17.9 Å². The number of hydrogen-bond donors (Lipinski definition) is 1. The van der Waals surface area contributed by atoms with Gasteiger partial charge in [-0.05, 0) is 47.5 Å². The number of nitrogens with one attached hydrogen (secondary N) is 1. The van der Waals surface area contributed by atoms with Crippen LogP contribution in [0.1, 0.15) is 47.5 Å². The van der Waals surface area contributed by atoms with Crippen molar-refractivity contribution in [1.82, 2.24) is 10.2 Å². The summed E-state index contributed by atoms with van der Waals surface area (Å²) in [6, 6.07) is 0. The first-order valence-electron chi connectivity index (χ1n) is 7.02. The summed E-state index contributed by atoms with van der Waals surface area (Å²) < 4.78 is 5.48. The van der Waals surface area contributed by atoms with Crippen LogP contribution in [-0.4, -0.2) is 45.8 Å². The molecule has 110 valence electrons. The molecule has 19 heavy (non-hydrogen) atoms. The van der Waals surface area contributed by atoms with Crippen LogP contribution >= 0.6 is 11.8 Å². The Balaban J connectivity index is 2.00. The molecule has 1 amide bonds. The Hall–Kier alpha value is -0.420. The van der Waals surface area contributed by atoms with Crippen molar-refractivity contribution in [3.63, 3.8) is 0 Å². The molecule has 5 heteroatoms. The van der Waals surface area contributed by atoms with Gasteiger partial charge in [0, 0.05) is 17.8 Å². The number of likely N-dealkylation sites (tertiary alicyclic amines) is 1. The maximum absolute atomic E-state index is 12.2. The lowest BCUT2D eigenvalue weighted by molar-refractivity contribution is 0.0165. The Morgan fingerprint density at radius 1 is 1.37 bits per heavy atom. The molecule has 1 atom stereocenters. The molecule has 1 spiro atoms. The molecular weight excluding hydrogens is 260 g/mol. The Morgan fingerprint density at radius 3 is 2.58 bits per heavy atom. The maximum Gasteiger partial charge on any atom is 0.410 e. The average molecular weight is 286 g/mol. The van der Waals surface area contributed by atoms with Crippen molar-refractivity contribution < 1.29 is 9.53 Å². The number of amides is 1. The zero-order valence-corrected chi connectivity index (χ0v) is 13.5. The SMILES string of the molecule is CC1(C)CSC2(CCCN(C(=O)OC(C)(C)C)C2)N1. The van der Waals surface area contributed by atoms with Crippen LogP contribution in [0, 0.1) is 0 Å². The van der Waals surface area contributed by atoms with Crippen molar-refractivity contribution in [1.29, 1.82) is 0 Å². The molecule has 0 aromatic rings. The van der Waals surface area contributed by atoms with Crippen molar-refractivity contribution in [2.24, 2.45) is 0 Å². The Kier molecular flexibility index (Phi) is 3.82. The highest BCUT2D eigenvalue weighted by molar-refractivity contribution is 8.01. The van der Waals surface area contributed by atoms with E-state index in [0.717, 1.165) is 31.7 Å². The fraction of sp³-hybridized carbons (Fsp3) is 0.929.